The summed E-state index contributed by atoms with van der Waals surface area (Å²) in [5.41, 5.74) is 4.36. The zero-order valence-corrected chi connectivity index (χ0v) is 18.9. The van der Waals surface area contributed by atoms with E-state index in [9.17, 15) is 9.18 Å². The summed E-state index contributed by atoms with van der Waals surface area (Å²) in [5.74, 6) is 0.403. The number of ketones is 1. The van der Waals surface area contributed by atoms with Gasteiger partial charge in [0.15, 0.2) is 10.9 Å². The summed E-state index contributed by atoms with van der Waals surface area (Å²) in [6.07, 6.45) is 9.24. The van der Waals surface area contributed by atoms with Crippen LogP contribution in [0.1, 0.15) is 46.6 Å². The Kier molecular flexibility index (Phi) is 5.11. The molecule has 1 saturated heterocycles. The van der Waals surface area contributed by atoms with Crippen molar-refractivity contribution in [1.82, 2.24) is 14.9 Å². The van der Waals surface area contributed by atoms with Gasteiger partial charge in [0.25, 0.3) is 0 Å². The Morgan fingerprint density at radius 2 is 2.06 bits per heavy atom. The van der Waals surface area contributed by atoms with Crippen molar-refractivity contribution in [3.63, 3.8) is 0 Å². The van der Waals surface area contributed by atoms with Crippen molar-refractivity contribution < 1.29 is 9.18 Å². The van der Waals surface area contributed by atoms with Crippen LogP contribution in [0.15, 0.2) is 30.5 Å². The van der Waals surface area contributed by atoms with Gasteiger partial charge >= 0.3 is 0 Å². The lowest BCUT2D eigenvalue weighted by Gasteiger charge is -2.31. The minimum absolute atomic E-state index is 0.215. The number of Topliss-reactive ketones (excluding diaryl/α,β-unsaturated/α-hetero) is 1. The van der Waals surface area contributed by atoms with Crippen molar-refractivity contribution in [2.24, 2.45) is 5.92 Å². The van der Waals surface area contributed by atoms with E-state index < -0.39 is 0 Å². The van der Waals surface area contributed by atoms with Crippen LogP contribution in [-0.4, -0.2) is 53.4 Å². The summed E-state index contributed by atoms with van der Waals surface area (Å²) in [6.45, 7) is 4.93. The van der Waals surface area contributed by atoms with Crippen molar-refractivity contribution in [3.8, 4) is 0 Å². The molecule has 1 N–H and O–H groups in total. The van der Waals surface area contributed by atoms with E-state index in [0.29, 0.717) is 12.3 Å². The largest absolute Gasteiger partial charge is 0.360 e. The maximum Gasteiger partial charge on any atom is 0.186 e. The van der Waals surface area contributed by atoms with Crippen molar-refractivity contribution in [2.75, 3.05) is 37.6 Å². The highest BCUT2D eigenvalue weighted by Gasteiger charge is 2.31. The van der Waals surface area contributed by atoms with Crippen LogP contribution in [0.2, 0.25) is 0 Å². The summed E-state index contributed by atoms with van der Waals surface area (Å²) >= 11 is 1.61. The number of carbonyl (C=O) groups excluding carboxylic acids is 1. The molecule has 1 atom stereocenters. The number of nitrogens with one attached hydrogen (secondary N) is 1. The second-order valence-electron chi connectivity index (χ2n) is 9.30. The molecule has 7 heteroatoms. The first-order valence-corrected chi connectivity index (χ1v) is 12.4. The number of benzene rings is 1. The molecule has 32 heavy (non-hydrogen) atoms. The molecular formula is C25H27FN4OS. The summed E-state index contributed by atoms with van der Waals surface area (Å²) in [4.78, 5) is 26.6. The van der Waals surface area contributed by atoms with Crippen LogP contribution >= 0.6 is 11.3 Å². The number of fused-ring (bicyclic) bond motifs is 2. The summed E-state index contributed by atoms with van der Waals surface area (Å²) in [5, 5.41) is 2.12. The van der Waals surface area contributed by atoms with Gasteiger partial charge in [-0.05, 0) is 55.4 Å². The minimum atomic E-state index is -0.215. The molecule has 0 radical (unpaired) electrons. The summed E-state index contributed by atoms with van der Waals surface area (Å²) in [6, 6.07) is 4.94. The quantitative estimate of drug-likeness (QED) is 0.614. The zero-order chi connectivity index (χ0) is 21.7. The minimum Gasteiger partial charge on any atom is -0.360 e. The van der Waals surface area contributed by atoms with Gasteiger partial charge in [-0.1, -0.05) is 17.4 Å². The van der Waals surface area contributed by atoms with E-state index in [1.165, 1.54) is 30.0 Å². The molecule has 3 aliphatic rings. The van der Waals surface area contributed by atoms with Crippen LogP contribution in [0.3, 0.4) is 0 Å². The molecular weight excluding hydrogens is 423 g/mol. The number of nitrogens with zero attached hydrogens (tertiary/aromatic N) is 3. The Morgan fingerprint density at radius 3 is 2.88 bits per heavy atom. The second kappa shape index (κ2) is 8.12. The Balaban J connectivity index is 1.12. The van der Waals surface area contributed by atoms with Crippen molar-refractivity contribution in [3.05, 3.63) is 52.4 Å². The molecule has 0 bridgehead atoms. The average Bonchev–Trinajstić information content (AvgIpc) is 3.53. The zero-order valence-electron chi connectivity index (χ0n) is 18.1. The second-order valence-corrected chi connectivity index (χ2v) is 10.3. The first-order chi connectivity index (χ1) is 15.6. The Hall–Kier alpha value is -2.51. The van der Waals surface area contributed by atoms with E-state index in [2.05, 4.69) is 20.9 Å². The van der Waals surface area contributed by atoms with Crippen LogP contribution in [0.25, 0.3) is 16.5 Å². The molecule has 1 aromatic carbocycles. The standard InChI is InChI=1S/C25H27FN4OS/c26-18-3-4-19-20(14-27-21(19)13-18)17-5-9-29(10-6-17)15-16-11-22-24(23(31)12-16)32-25(28-22)30-7-1-2-8-30/h3-5,13-14,16,27H,1-2,6-12,15H2. The fourth-order valence-corrected chi connectivity index (χ4v) is 6.51. The van der Waals surface area contributed by atoms with E-state index in [-0.39, 0.29) is 11.6 Å². The molecule has 5 nitrogen and oxygen atoms in total. The van der Waals surface area contributed by atoms with Gasteiger partial charge in [-0.3, -0.25) is 9.69 Å². The number of hydrogen-bond acceptors (Lipinski definition) is 5. The molecule has 2 aromatic heterocycles. The molecule has 166 valence electrons. The fraction of sp³-hybridized carbons (Fsp3) is 0.440. The van der Waals surface area contributed by atoms with Gasteiger partial charge in [0.2, 0.25) is 0 Å². The molecule has 1 fully saturated rings. The average molecular weight is 451 g/mol. The molecule has 0 amide bonds. The van der Waals surface area contributed by atoms with E-state index >= 15 is 0 Å². The normalized spacial score (nSPS) is 21.9. The van der Waals surface area contributed by atoms with Gasteiger partial charge in [-0.15, -0.1) is 0 Å². The lowest BCUT2D eigenvalue weighted by Crippen LogP contribution is -2.36. The van der Waals surface area contributed by atoms with Crippen LogP contribution in [0, 0.1) is 11.7 Å². The number of aromatic amines is 1. The molecule has 3 aromatic rings. The van der Waals surface area contributed by atoms with Gasteiger partial charge in [-0.25, -0.2) is 9.37 Å². The smallest absolute Gasteiger partial charge is 0.186 e. The maximum absolute atomic E-state index is 13.5. The van der Waals surface area contributed by atoms with Gasteiger partial charge in [0, 0.05) is 61.8 Å². The number of thiazole rings is 1. The number of halogens is 1. The fourth-order valence-electron chi connectivity index (χ4n) is 5.42. The van der Waals surface area contributed by atoms with Crippen LogP contribution in [-0.2, 0) is 6.42 Å². The summed E-state index contributed by atoms with van der Waals surface area (Å²) in [7, 11) is 0. The monoisotopic (exact) mass is 450 g/mol. The number of rotatable bonds is 4. The molecule has 4 heterocycles. The van der Waals surface area contributed by atoms with Crippen LogP contribution < -0.4 is 4.90 Å². The van der Waals surface area contributed by atoms with E-state index in [4.69, 9.17) is 4.98 Å². The van der Waals surface area contributed by atoms with E-state index in [1.54, 1.807) is 17.4 Å². The maximum atomic E-state index is 13.5. The van der Waals surface area contributed by atoms with Crippen molar-refractivity contribution in [2.45, 2.75) is 32.1 Å². The number of H-pyrrole nitrogens is 1. The van der Waals surface area contributed by atoms with Gasteiger partial charge < -0.3 is 9.88 Å². The third-order valence-electron chi connectivity index (χ3n) is 7.07. The number of carbonyl (C=O) groups is 1. The molecule has 2 aliphatic heterocycles. The lowest BCUT2D eigenvalue weighted by molar-refractivity contribution is 0.0936. The number of hydrogen-bond donors (Lipinski definition) is 1. The molecule has 1 aliphatic carbocycles. The Morgan fingerprint density at radius 1 is 1.19 bits per heavy atom. The molecule has 1 unspecified atom stereocenters. The SMILES string of the molecule is O=C1CC(CN2CC=C(c3c[nH]c4cc(F)ccc34)CC2)Cc2nc(N3CCCC3)sc21. The lowest BCUT2D eigenvalue weighted by atomic mass is 9.89. The predicted molar refractivity (Wildman–Crippen MR) is 127 cm³/mol. The van der Waals surface area contributed by atoms with Gasteiger partial charge in [0.1, 0.15) is 5.82 Å². The molecule has 0 spiro atoms. The Labute approximate surface area is 190 Å². The molecule has 0 saturated carbocycles. The third-order valence-corrected chi connectivity index (χ3v) is 8.27. The number of aromatic nitrogens is 2. The molecule has 6 rings (SSSR count). The highest BCUT2D eigenvalue weighted by molar-refractivity contribution is 7.17. The van der Waals surface area contributed by atoms with Crippen molar-refractivity contribution >= 4 is 38.7 Å². The topological polar surface area (TPSA) is 52.2 Å². The van der Waals surface area contributed by atoms with E-state index in [0.717, 1.165) is 72.2 Å². The first-order valence-electron chi connectivity index (χ1n) is 11.6. The predicted octanol–water partition coefficient (Wildman–Crippen LogP) is 4.90. The van der Waals surface area contributed by atoms with Gasteiger partial charge in [-0.2, -0.15) is 0 Å². The van der Waals surface area contributed by atoms with Gasteiger partial charge in [0.05, 0.1) is 10.6 Å². The Bertz CT molecular complexity index is 1210. The van der Waals surface area contributed by atoms with E-state index in [1.807, 2.05) is 12.3 Å². The highest BCUT2D eigenvalue weighted by Crippen LogP contribution is 2.36. The number of anilines is 1. The first kappa shape index (κ1) is 20.1. The highest BCUT2D eigenvalue weighted by atomic mass is 32.1. The van der Waals surface area contributed by atoms with Crippen LogP contribution in [0.4, 0.5) is 9.52 Å². The van der Waals surface area contributed by atoms with Crippen molar-refractivity contribution in [1.29, 1.82) is 0 Å². The van der Waals surface area contributed by atoms with Crippen LogP contribution in [0.5, 0.6) is 0 Å². The third kappa shape index (κ3) is 3.67. The summed E-state index contributed by atoms with van der Waals surface area (Å²) < 4.78 is 13.5.